The number of aromatic amines is 1. The van der Waals surface area contributed by atoms with Crippen molar-refractivity contribution in [3.05, 3.63) is 89.7 Å². The first-order valence-corrected chi connectivity index (χ1v) is 21.4. The van der Waals surface area contributed by atoms with Gasteiger partial charge in [0.2, 0.25) is 17.7 Å². The molecule has 62 heavy (non-hydrogen) atoms. The Labute approximate surface area is 362 Å². The molecule has 0 radical (unpaired) electrons. The van der Waals surface area contributed by atoms with Gasteiger partial charge in [0.25, 0.3) is 5.91 Å². The standard InChI is InChI=1S/C46H58N8O8/c1-28(29-9-11-30(12-10-29)31-18-22-61-26-31)48-44(58)39-24-33(55)25-54(39)45(59)42(46(2,3)4)51-41(56)27-62-34-16-20-53(21-17-34)32-13-14-37(40(23-32)60-5)50-43(57)38-8-6-7-35(49-38)36-15-19-47-52-36/h6-15,19,23,28,31,33-34,39,42,55H,16-18,20-22,24-27H2,1-5H3,(H,47,52)(H,48,58)(H,50,57)(H,51,56)/t28-,31?,33+,39-,42+/m0/s1. The molecule has 2 aromatic carbocycles. The third kappa shape index (κ3) is 10.6. The molecule has 7 rings (SSSR count). The van der Waals surface area contributed by atoms with Gasteiger partial charge < -0.3 is 45.1 Å². The molecule has 0 bridgehead atoms. The Morgan fingerprint density at radius 2 is 1.77 bits per heavy atom. The number of rotatable bonds is 14. The van der Waals surface area contributed by atoms with Crippen molar-refractivity contribution < 1.29 is 38.5 Å². The first kappa shape index (κ1) is 44.2. The Bertz CT molecular complexity index is 2180. The summed E-state index contributed by atoms with van der Waals surface area (Å²) in [5, 5.41) is 26.3. The molecule has 0 spiro atoms. The summed E-state index contributed by atoms with van der Waals surface area (Å²) in [6.45, 7) is 10.0. The minimum atomic E-state index is -0.961. The zero-order chi connectivity index (χ0) is 44.0. The molecule has 3 fully saturated rings. The smallest absolute Gasteiger partial charge is 0.274 e. The number of methoxy groups -OCH3 is 1. The van der Waals surface area contributed by atoms with Crippen LogP contribution in [-0.4, -0.2) is 120 Å². The average Bonchev–Trinajstić information content (AvgIpc) is 4.09. The molecule has 2 aromatic heterocycles. The summed E-state index contributed by atoms with van der Waals surface area (Å²) in [5.41, 5.74) is 4.42. The van der Waals surface area contributed by atoms with Gasteiger partial charge in [-0.05, 0) is 73.1 Å². The van der Waals surface area contributed by atoms with Crippen LogP contribution >= 0.6 is 0 Å². The Balaban J connectivity index is 0.892. The number of carbonyl (C=O) groups excluding carboxylic acids is 4. The maximum absolute atomic E-state index is 14.1. The lowest BCUT2D eigenvalue weighted by Gasteiger charge is -2.36. The van der Waals surface area contributed by atoms with Gasteiger partial charge in [0, 0.05) is 56.5 Å². The molecule has 3 aliphatic heterocycles. The highest BCUT2D eigenvalue weighted by atomic mass is 16.5. The first-order valence-electron chi connectivity index (χ1n) is 21.4. The number of β-amino-alcohol motifs (C(OH)–C–C–N with tert-alkyl or cyclic N) is 1. The van der Waals surface area contributed by atoms with Crippen LogP contribution in [0.25, 0.3) is 11.4 Å². The number of aromatic nitrogens is 3. The van der Waals surface area contributed by atoms with Crippen molar-refractivity contribution in [2.45, 2.75) is 89.6 Å². The van der Waals surface area contributed by atoms with E-state index in [1.54, 1.807) is 43.6 Å². The molecule has 5 atom stereocenters. The third-order valence-electron chi connectivity index (χ3n) is 11.9. The maximum atomic E-state index is 14.1. The molecule has 3 aliphatic rings. The lowest BCUT2D eigenvalue weighted by molar-refractivity contribution is -0.145. The monoisotopic (exact) mass is 850 g/mol. The largest absolute Gasteiger partial charge is 0.494 e. The summed E-state index contributed by atoms with van der Waals surface area (Å²) in [6, 6.07) is 18.6. The summed E-state index contributed by atoms with van der Waals surface area (Å²) in [5.74, 6) is -0.717. The number of aliphatic hydroxyl groups is 1. The van der Waals surface area contributed by atoms with E-state index in [4.69, 9.17) is 14.2 Å². The fraction of sp³-hybridized carbons (Fsp3) is 0.478. The molecule has 5 N–H and O–H groups in total. The van der Waals surface area contributed by atoms with E-state index in [2.05, 4.69) is 48.2 Å². The van der Waals surface area contributed by atoms with Crippen LogP contribution in [0.2, 0.25) is 0 Å². The third-order valence-corrected chi connectivity index (χ3v) is 11.9. The maximum Gasteiger partial charge on any atom is 0.274 e. The Morgan fingerprint density at radius 3 is 2.45 bits per heavy atom. The molecular weight excluding hydrogens is 793 g/mol. The van der Waals surface area contributed by atoms with Crippen molar-refractivity contribution >= 4 is 35.0 Å². The number of anilines is 2. The van der Waals surface area contributed by atoms with Crippen molar-refractivity contribution in [3.63, 3.8) is 0 Å². The minimum Gasteiger partial charge on any atom is -0.494 e. The van der Waals surface area contributed by atoms with Gasteiger partial charge in [-0.1, -0.05) is 51.1 Å². The number of aliphatic hydroxyl groups excluding tert-OH is 1. The van der Waals surface area contributed by atoms with E-state index in [0.29, 0.717) is 61.3 Å². The lowest BCUT2D eigenvalue weighted by Crippen LogP contribution is -2.58. The van der Waals surface area contributed by atoms with Crippen LogP contribution in [0.15, 0.2) is 72.9 Å². The van der Waals surface area contributed by atoms with Crippen LogP contribution in [0.3, 0.4) is 0 Å². The van der Waals surface area contributed by atoms with Gasteiger partial charge in [0.15, 0.2) is 0 Å². The molecule has 330 valence electrons. The number of hydrogen-bond acceptors (Lipinski definition) is 11. The summed E-state index contributed by atoms with van der Waals surface area (Å²) >= 11 is 0. The predicted molar refractivity (Wildman–Crippen MR) is 233 cm³/mol. The second-order valence-electron chi connectivity index (χ2n) is 17.4. The number of hydrogen-bond donors (Lipinski definition) is 5. The van der Waals surface area contributed by atoms with E-state index in [9.17, 15) is 24.3 Å². The number of amides is 4. The molecule has 0 aliphatic carbocycles. The molecule has 4 amide bonds. The van der Waals surface area contributed by atoms with E-state index >= 15 is 0 Å². The summed E-state index contributed by atoms with van der Waals surface area (Å²) in [6.07, 6.45) is 2.99. The van der Waals surface area contributed by atoms with Crippen molar-refractivity contribution in [1.29, 1.82) is 0 Å². The minimum absolute atomic E-state index is 0.0105. The van der Waals surface area contributed by atoms with Gasteiger partial charge in [-0.3, -0.25) is 24.3 Å². The molecule has 1 unspecified atom stereocenters. The van der Waals surface area contributed by atoms with Crippen molar-refractivity contribution in [2.75, 3.05) is 56.8 Å². The van der Waals surface area contributed by atoms with Crippen LogP contribution < -0.4 is 25.6 Å². The number of likely N-dealkylation sites (tertiary alicyclic amines) is 1. The fourth-order valence-electron chi connectivity index (χ4n) is 8.32. The summed E-state index contributed by atoms with van der Waals surface area (Å²) in [7, 11) is 1.55. The molecule has 5 heterocycles. The number of benzene rings is 2. The van der Waals surface area contributed by atoms with Gasteiger partial charge in [-0.15, -0.1) is 0 Å². The van der Waals surface area contributed by atoms with Crippen molar-refractivity contribution in [1.82, 2.24) is 30.7 Å². The zero-order valence-electron chi connectivity index (χ0n) is 36.1. The Hall–Kier alpha value is -5.84. The van der Waals surface area contributed by atoms with Crippen LogP contribution in [0.5, 0.6) is 5.75 Å². The molecule has 4 aromatic rings. The number of ether oxygens (including phenoxy) is 3. The van der Waals surface area contributed by atoms with Gasteiger partial charge in [0.05, 0.1) is 49.0 Å². The van der Waals surface area contributed by atoms with Crippen LogP contribution in [-0.2, 0) is 23.9 Å². The average molecular weight is 851 g/mol. The quantitative estimate of drug-likeness (QED) is 0.119. The Morgan fingerprint density at radius 1 is 1.00 bits per heavy atom. The topological polar surface area (TPSA) is 200 Å². The molecule has 3 saturated heterocycles. The fourth-order valence-corrected chi connectivity index (χ4v) is 8.32. The van der Waals surface area contributed by atoms with Gasteiger partial charge in [0.1, 0.15) is 30.1 Å². The van der Waals surface area contributed by atoms with Crippen LogP contribution in [0.1, 0.15) is 87.0 Å². The van der Waals surface area contributed by atoms with Crippen molar-refractivity contribution in [2.24, 2.45) is 5.41 Å². The summed E-state index contributed by atoms with van der Waals surface area (Å²) < 4.78 is 17.2. The van der Waals surface area contributed by atoms with E-state index < -0.39 is 35.4 Å². The van der Waals surface area contributed by atoms with E-state index in [-0.39, 0.29) is 49.2 Å². The number of nitrogens with one attached hydrogen (secondary N) is 4. The van der Waals surface area contributed by atoms with E-state index in [1.165, 1.54) is 10.5 Å². The highest BCUT2D eigenvalue weighted by Crippen LogP contribution is 2.33. The zero-order valence-corrected chi connectivity index (χ0v) is 36.1. The number of nitrogens with zero attached hydrogens (tertiary/aromatic N) is 4. The SMILES string of the molecule is COc1cc(N2CCC(OCC(=O)N[C@H](C(=O)N3C[C@H](O)C[C@H]3C(=O)N[C@@H](C)c3ccc(C4CCOC4)cc3)C(C)(C)C)CC2)ccc1NC(=O)c1cccc(-c2ccn[nH]2)n1. The summed E-state index contributed by atoms with van der Waals surface area (Å²) in [4.78, 5) is 62.4. The normalized spacial score (nSPS) is 20.4. The molecule has 16 heteroatoms. The highest BCUT2D eigenvalue weighted by Gasteiger charge is 2.45. The van der Waals surface area contributed by atoms with Gasteiger partial charge >= 0.3 is 0 Å². The van der Waals surface area contributed by atoms with Crippen LogP contribution in [0.4, 0.5) is 11.4 Å². The number of pyridine rings is 1. The van der Waals surface area contributed by atoms with E-state index in [1.807, 2.05) is 52.0 Å². The molecule has 16 nitrogen and oxygen atoms in total. The molecule has 0 saturated carbocycles. The van der Waals surface area contributed by atoms with E-state index in [0.717, 1.165) is 24.3 Å². The highest BCUT2D eigenvalue weighted by molar-refractivity contribution is 6.04. The van der Waals surface area contributed by atoms with Crippen LogP contribution in [0, 0.1) is 5.41 Å². The first-order chi connectivity index (χ1) is 29.8. The second kappa shape index (κ2) is 19.5. The number of piperidine rings is 1. The van der Waals surface area contributed by atoms with Crippen molar-refractivity contribution in [3.8, 4) is 17.1 Å². The Kier molecular flexibility index (Phi) is 13.9. The molecular formula is C46H58N8O8. The second-order valence-corrected chi connectivity index (χ2v) is 17.4. The van der Waals surface area contributed by atoms with Gasteiger partial charge in [-0.25, -0.2) is 4.98 Å². The predicted octanol–water partition coefficient (Wildman–Crippen LogP) is 4.59. The lowest BCUT2D eigenvalue weighted by atomic mass is 9.85. The number of carbonyl (C=O) groups is 4. The number of H-pyrrole nitrogens is 1. The van der Waals surface area contributed by atoms with Gasteiger partial charge in [-0.2, -0.15) is 5.10 Å².